The Labute approximate surface area is 176 Å². The van der Waals surface area contributed by atoms with Crippen LogP contribution >= 0.6 is 0 Å². The minimum atomic E-state index is 0.0279. The van der Waals surface area contributed by atoms with E-state index >= 15 is 0 Å². The summed E-state index contributed by atoms with van der Waals surface area (Å²) in [7, 11) is 0. The van der Waals surface area contributed by atoms with Crippen molar-refractivity contribution in [1.29, 1.82) is 5.26 Å². The molecule has 0 atom stereocenters. The van der Waals surface area contributed by atoms with Crippen molar-refractivity contribution < 1.29 is 14.3 Å². The fraction of sp³-hybridized carbons (Fsp3) is 0.333. The van der Waals surface area contributed by atoms with E-state index in [1.54, 1.807) is 6.08 Å². The average Bonchev–Trinajstić information content (AvgIpc) is 3.03. The number of fused-ring (bicyclic) bond motifs is 1. The number of ether oxygens (including phenoxy) is 2. The molecule has 2 aromatic rings. The molecule has 6 heteroatoms. The van der Waals surface area contributed by atoms with Crippen LogP contribution in [0.2, 0.25) is 0 Å². The normalized spacial score (nSPS) is 16.8. The molecule has 0 unspecified atom stereocenters. The van der Waals surface area contributed by atoms with Crippen LogP contribution in [0.1, 0.15) is 23.1 Å². The molecule has 2 heterocycles. The molecule has 0 radical (unpaired) electrons. The number of rotatable bonds is 4. The number of piperazine rings is 1. The van der Waals surface area contributed by atoms with E-state index in [4.69, 9.17) is 14.7 Å². The van der Waals surface area contributed by atoms with Crippen LogP contribution in [0.25, 0.3) is 6.08 Å². The zero-order chi connectivity index (χ0) is 20.8. The second-order valence-electron chi connectivity index (χ2n) is 7.50. The van der Waals surface area contributed by atoms with Crippen molar-refractivity contribution >= 4 is 12.0 Å². The van der Waals surface area contributed by atoms with Crippen LogP contribution in [0.4, 0.5) is 0 Å². The Balaban J connectivity index is 1.29. The van der Waals surface area contributed by atoms with Crippen LogP contribution in [-0.4, -0.2) is 55.1 Å². The van der Waals surface area contributed by atoms with Gasteiger partial charge in [-0.2, -0.15) is 5.26 Å². The van der Waals surface area contributed by atoms with Crippen LogP contribution in [0.3, 0.4) is 0 Å². The maximum atomic E-state index is 12.6. The third-order valence-corrected chi connectivity index (χ3v) is 5.36. The summed E-state index contributed by atoms with van der Waals surface area (Å²) in [5.41, 5.74) is 2.78. The molecule has 0 bridgehead atoms. The predicted molar refractivity (Wildman–Crippen MR) is 114 cm³/mol. The van der Waals surface area contributed by atoms with Gasteiger partial charge in [0.2, 0.25) is 5.91 Å². The highest BCUT2D eigenvalue weighted by atomic mass is 16.5. The molecule has 0 saturated carbocycles. The Morgan fingerprint density at radius 1 is 1.00 bits per heavy atom. The summed E-state index contributed by atoms with van der Waals surface area (Å²) in [5, 5.41) is 8.90. The molecule has 0 aromatic heterocycles. The number of nitrogens with zero attached hydrogens (tertiary/aromatic N) is 3. The highest BCUT2D eigenvalue weighted by Gasteiger charge is 2.19. The van der Waals surface area contributed by atoms with E-state index in [9.17, 15) is 4.79 Å². The van der Waals surface area contributed by atoms with Gasteiger partial charge in [-0.15, -0.1) is 0 Å². The first-order valence-electron chi connectivity index (χ1n) is 10.3. The molecule has 1 amide bonds. The molecular weight excluding hydrogens is 378 g/mol. The average molecular weight is 403 g/mol. The Hall–Kier alpha value is -3.30. The number of amides is 1. The molecule has 30 heavy (non-hydrogen) atoms. The van der Waals surface area contributed by atoms with Crippen molar-refractivity contribution in [2.75, 3.05) is 39.4 Å². The lowest BCUT2D eigenvalue weighted by Gasteiger charge is -2.34. The molecule has 154 valence electrons. The summed E-state index contributed by atoms with van der Waals surface area (Å²) < 4.78 is 11.4. The van der Waals surface area contributed by atoms with E-state index in [1.807, 2.05) is 53.4 Å². The lowest BCUT2D eigenvalue weighted by Crippen LogP contribution is -2.47. The minimum Gasteiger partial charge on any atom is -0.490 e. The van der Waals surface area contributed by atoms with Crippen molar-refractivity contribution in [3.8, 4) is 17.6 Å². The summed E-state index contributed by atoms with van der Waals surface area (Å²) in [6.45, 7) is 5.23. The van der Waals surface area contributed by atoms with Gasteiger partial charge >= 0.3 is 0 Å². The zero-order valence-electron chi connectivity index (χ0n) is 16.9. The first-order valence-corrected chi connectivity index (χ1v) is 10.3. The van der Waals surface area contributed by atoms with Gasteiger partial charge in [0, 0.05) is 45.2 Å². The van der Waals surface area contributed by atoms with Crippen LogP contribution in [0.15, 0.2) is 48.5 Å². The maximum absolute atomic E-state index is 12.6. The van der Waals surface area contributed by atoms with E-state index in [2.05, 4.69) is 11.0 Å². The van der Waals surface area contributed by atoms with E-state index < -0.39 is 0 Å². The number of carbonyl (C=O) groups is 1. The molecule has 4 rings (SSSR count). The lowest BCUT2D eigenvalue weighted by atomic mass is 10.1. The molecule has 0 aliphatic carbocycles. The van der Waals surface area contributed by atoms with Crippen LogP contribution < -0.4 is 9.47 Å². The summed E-state index contributed by atoms with van der Waals surface area (Å²) in [5.74, 6) is 1.52. The van der Waals surface area contributed by atoms with Gasteiger partial charge in [0.05, 0.1) is 24.8 Å². The fourth-order valence-corrected chi connectivity index (χ4v) is 3.63. The molecule has 2 aliphatic rings. The molecule has 0 N–H and O–H groups in total. The van der Waals surface area contributed by atoms with Crippen molar-refractivity contribution in [2.45, 2.75) is 13.0 Å². The van der Waals surface area contributed by atoms with Gasteiger partial charge in [-0.25, -0.2) is 0 Å². The molecular formula is C24H25N3O3. The van der Waals surface area contributed by atoms with E-state index in [-0.39, 0.29) is 5.91 Å². The second-order valence-corrected chi connectivity index (χ2v) is 7.50. The zero-order valence-corrected chi connectivity index (χ0v) is 16.9. The van der Waals surface area contributed by atoms with Gasteiger partial charge in [0.15, 0.2) is 11.5 Å². The van der Waals surface area contributed by atoms with E-state index in [0.29, 0.717) is 31.9 Å². The quantitative estimate of drug-likeness (QED) is 0.734. The number of nitriles is 1. The van der Waals surface area contributed by atoms with Crippen LogP contribution in [-0.2, 0) is 11.3 Å². The minimum absolute atomic E-state index is 0.0279. The summed E-state index contributed by atoms with van der Waals surface area (Å²) in [4.78, 5) is 16.8. The van der Waals surface area contributed by atoms with Crippen LogP contribution in [0, 0.1) is 11.3 Å². The van der Waals surface area contributed by atoms with Gasteiger partial charge in [0.25, 0.3) is 0 Å². The number of benzene rings is 2. The first kappa shape index (κ1) is 20.0. The standard InChI is InChI=1S/C24H25N3O3/c25-17-20-2-4-21(5-3-20)18-26-10-12-27(13-11-26)24(28)9-7-19-6-8-22-23(16-19)30-15-1-14-29-22/h2-9,16H,1,10-15,18H2. The molecule has 2 aliphatic heterocycles. The second kappa shape index (κ2) is 9.47. The number of hydrogen-bond acceptors (Lipinski definition) is 5. The van der Waals surface area contributed by atoms with Crippen molar-refractivity contribution in [3.05, 3.63) is 65.2 Å². The molecule has 6 nitrogen and oxygen atoms in total. The van der Waals surface area contributed by atoms with Crippen molar-refractivity contribution in [1.82, 2.24) is 9.80 Å². The number of carbonyl (C=O) groups excluding carboxylic acids is 1. The van der Waals surface area contributed by atoms with Crippen molar-refractivity contribution in [2.24, 2.45) is 0 Å². The third kappa shape index (κ3) is 5.00. The lowest BCUT2D eigenvalue weighted by molar-refractivity contribution is -0.127. The molecule has 2 aromatic carbocycles. The number of hydrogen-bond donors (Lipinski definition) is 0. The highest BCUT2D eigenvalue weighted by Crippen LogP contribution is 2.30. The largest absolute Gasteiger partial charge is 0.490 e. The first-order chi connectivity index (χ1) is 14.7. The topological polar surface area (TPSA) is 65.8 Å². The van der Waals surface area contributed by atoms with Crippen LogP contribution in [0.5, 0.6) is 11.5 Å². The van der Waals surface area contributed by atoms with Gasteiger partial charge < -0.3 is 14.4 Å². The molecule has 1 fully saturated rings. The smallest absolute Gasteiger partial charge is 0.246 e. The van der Waals surface area contributed by atoms with E-state index in [1.165, 1.54) is 5.56 Å². The summed E-state index contributed by atoms with van der Waals surface area (Å²) >= 11 is 0. The van der Waals surface area contributed by atoms with Crippen molar-refractivity contribution in [3.63, 3.8) is 0 Å². The highest BCUT2D eigenvalue weighted by molar-refractivity contribution is 5.92. The van der Waals surface area contributed by atoms with Gasteiger partial charge in [0.1, 0.15) is 0 Å². The Bertz CT molecular complexity index is 955. The Morgan fingerprint density at radius 2 is 1.73 bits per heavy atom. The summed E-state index contributed by atoms with van der Waals surface area (Å²) in [6, 6.07) is 15.6. The van der Waals surface area contributed by atoms with Gasteiger partial charge in [-0.1, -0.05) is 18.2 Å². The predicted octanol–water partition coefficient (Wildman–Crippen LogP) is 3.08. The Morgan fingerprint density at radius 3 is 2.47 bits per heavy atom. The van der Waals surface area contributed by atoms with Gasteiger partial charge in [-0.3, -0.25) is 9.69 Å². The fourth-order valence-electron chi connectivity index (χ4n) is 3.63. The monoisotopic (exact) mass is 403 g/mol. The van der Waals surface area contributed by atoms with Gasteiger partial charge in [-0.05, 0) is 41.5 Å². The Kier molecular flexibility index (Phi) is 6.31. The SMILES string of the molecule is N#Cc1ccc(CN2CCN(C(=O)C=Cc3ccc4c(c3)OCCCO4)CC2)cc1. The summed E-state index contributed by atoms with van der Waals surface area (Å²) in [6.07, 6.45) is 4.34. The third-order valence-electron chi connectivity index (χ3n) is 5.36. The van der Waals surface area contributed by atoms with E-state index in [0.717, 1.165) is 43.1 Å². The molecule has 0 spiro atoms. The maximum Gasteiger partial charge on any atom is 0.246 e. The molecule has 1 saturated heterocycles.